The zero-order valence-corrected chi connectivity index (χ0v) is 8.95. The molecule has 2 aromatic rings. The van der Waals surface area contributed by atoms with Crippen LogP contribution in [0.2, 0.25) is 5.15 Å². The predicted molar refractivity (Wildman–Crippen MR) is 52.7 cm³/mol. The lowest BCUT2D eigenvalue weighted by Crippen LogP contribution is -2.03. The van der Waals surface area contributed by atoms with Gasteiger partial charge >= 0.3 is 5.97 Å². The molecule has 2 heterocycles. The quantitative estimate of drug-likeness (QED) is 0.863. The first kappa shape index (κ1) is 9.42. The Hall–Kier alpha value is -1.14. The maximum atomic E-state index is 10.8. The standard InChI is InChI=1S/C7H3BrClN3O2/c8-5-3-1-10-4(9)2-12(3)6(11-5)7(13)14/h1-2H,(H,13,14). The fourth-order valence-corrected chi connectivity index (χ4v) is 1.69. The zero-order chi connectivity index (χ0) is 10.3. The van der Waals surface area contributed by atoms with E-state index in [1.165, 1.54) is 16.8 Å². The van der Waals surface area contributed by atoms with Crippen LogP contribution in [0, 0.1) is 0 Å². The lowest BCUT2D eigenvalue weighted by Gasteiger charge is -1.95. The van der Waals surface area contributed by atoms with Crippen molar-refractivity contribution in [1.82, 2.24) is 14.4 Å². The molecule has 5 nitrogen and oxygen atoms in total. The van der Waals surface area contributed by atoms with Crippen molar-refractivity contribution < 1.29 is 9.90 Å². The molecule has 2 rings (SSSR count). The second kappa shape index (κ2) is 3.21. The van der Waals surface area contributed by atoms with Crippen LogP contribution in [0.4, 0.5) is 0 Å². The van der Waals surface area contributed by atoms with E-state index >= 15 is 0 Å². The third-order valence-electron chi connectivity index (χ3n) is 1.64. The van der Waals surface area contributed by atoms with E-state index in [9.17, 15) is 4.79 Å². The Morgan fingerprint density at radius 1 is 1.64 bits per heavy atom. The van der Waals surface area contributed by atoms with Crippen molar-refractivity contribution in [3.63, 3.8) is 0 Å². The number of carboxylic acid groups (broad SMARTS) is 1. The number of nitrogens with zero attached hydrogens (tertiary/aromatic N) is 3. The Balaban J connectivity index is 2.85. The summed E-state index contributed by atoms with van der Waals surface area (Å²) in [7, 11) is 0. The normalized spacial score (nSPS) is 10.7. The van der Waals surface area contributed by atoms with Gasteiger partial charge in [-0.3, -0.25) is 4.40 Å². The summed E-state index contributed by atoms with van der Waals surface area (Å²) >= 11 is 8.77. The van der Waals surface area contributed by atoms with Gasteiger partial charge in [-0.2, -0.15) is 0 Å². The van der Waals surface area contributed by atoms with Crippen molar-refractivity contribution in [3.8, 4) is 0 Å². The van der Waals surface area contributed by atoms with Crippen molar-refractivity contribution >= 4 is 39.0 Å². The van der Waals surface area contributed by atoms with E-state index in [1.54, 1.807) is 0 Å². The predicted octanol–water partition coefficient (Wildman–Crippen LogP) is 1.84. The molecule has 0 spiro atoms. The van der Waals surface area contributed by atoms with Gasteiger partial charge in [0.2, 0.25) is 5.82 Å². The summed E-state index contributed by atoms with van der Waals surface area (Å²) in [6.45, 7) is 0. The molecule has 0 radical (unpaired) electrons. The Kier molecular flexibility index (Phi) is 2.16. The van der Waals surface area contributed by atoms with Gasteiger partial charge in [0.15, 0.2) is 0 Å². The summed E-state index contributed by atoms with van der Waals surface area (Å²) in [5.74, 6) is -1.22. The molecule has 0 aliphatic rings. The van der Waals surface area contributed by atoms with Crippen LogP contribution in [0.5, 0.6) is 0 Å². The number of hydrogen-bond donors (Lipinski definition) is 1. The second-order valence-electron chi connectivity index (χ2n) is 2.50. The van der Waals surface area contributed by atoms with Crippen LogP contribution in [-0.4, -0.2) is 25.4 Å². The molecule has 72 valence electrons. The van der Waals surface area contributed by atoms with E-state index in [1.807, 2.05) is 0 Å². The fourth-order valence-electron chi connectivity index (χ4n) is 1.08. The van der Waals surface area contributed by atoms with Gasteiger partial charge in [0, 0.05) is 6.20 Å². The molecule has 0 saturated heterocycles. The van der Waals surface area contributed by atoms with E-state index < -0.39 is 5.97 Å². The highest BCUT2D eigenvalue weighted by molar-refractivity contribution is 9.10. The number of aromatic nitrogens is 3. The molecule has 0 saturated carbocycles. The minimum atomic E-state index is -1.12. The summed E-state index contributed by atoms with van der Waals surface area (Å²) in [6, 6.07) is 0. The number of rotatable bonds is 1. The van der Waals surface area contributed by atoms with E-state index in [4.69, 9.17) is 16.7 Å². The molecular formula is C7H3BrClN3O2. The fraction of sp³-hybridized carbons (Fsp3) is 0. The Labute approximate surface area is 91.5 Å². The molecule has 1 N–H and O–H groups in total. The largest absolute Gasteiger partial charge is 0.475 e. The smallest absolute Gasteiger partial charge is 0.372 e. The maximum Gasteiger partial charge on any atom is 0.372 e. The maximum absolute atomic E-state index is 10.8. The van der Waals surface area contributed by atoms with Gasteiger partial charge in [-0.1, -0.05) is 11.6 Å². The lowest BCUT2D eigenvalue weighted by molar-refractivity contribution is 0.0682. The first-order chi connectivity index (χ1) is 6.59. The number of imidazole rings is 1. The van der Waals surface area contributed by atoms with Crippen LogP contribution >= 0.6 is 27.5 Å². The Morgan fingerprint density at radius 2 is 2.36 bits per heavy atom. The first-order valence-electron chi connectivity index (χ1n) is 3.52. The summed E-state index contributed by atoms with van der Waals surface area (Å²) in [5.41, 5.74) is 0.562. The number of hydrogen-bond acceptors (Lipinski definition) is 3. The van der Waals surface area contributed by atoms with Gasteiger partial charge in [0.1, 0.15) is 9.76 Å². The van der Waals surface area contributed by atoms with Gasteiger partial charge in [-0.15, -0.1) is 0 Å². The second-order valence-corrected chi connectivity index (χ2v) is 3.64. The van der Waals surface area contributed by atoms with E-state index in [0.29, 0.717) is 10.1 Å². The summed E-state index contributed by atoms with van der Waals surface area (Å²) in [4.78, 5) is 18.4. The van der Waals surface area contributed by atoms with Gasteiger partial charge < -0.3 is 5.11 Å². The van der Waals surface area contributed by atoms with Crippen LogP contribution in [0.25, 0.3) is 5.52 Å². The van der Waals surface area contributed by atoms with Crippen molar-refractivity contribution in [2.75, 3.05) is 0 Å². The third kappa shape index (κ3) is 1.36. The Morgan fingerprint density at radius 3 is 3.00 bits per heavy atom. The lowest BCUT2D eigenvalue weighted by atomic mass is 10.5. The summed E-state index contributed by atoms with van der Waals surface area (Å²) in [5, 5.41) is 9.03. The minimum Gasteiger partial charge on any atom is -0.475 e. The number of carboxylic acids is 1. The molecule has 0 amide bonds. The summed E-state index contributed by atoms with van der Waals surface area (Å²) < 4.78 is 1.79. The molecule has 0 bridgehead atoms. The number of carbonyl (C=O) groups is 1. The summed E-state index contributed by atoms with van der Waals surface area (Å²) in [6.07, 6.45) is 2.85. The SMILES string of the molecule is O=C(O)c1nc(Br)c2cnc(Cl)cn12. The average Bonchev–Trinajstić information content (AvgIpc) is 2.43. The minimum absolute atomic E-state index is 0.101. The molecule has 0 atom stereocenters. The molecule has 0 fully saturated rings. The van der Waals surface area contributed by atoms with E-state index in [-0.39, 0.29) is 11.0 Å². The Bertz CT molecular complexity index is 525. The first-order valence-corrected chi connectivity index (χ1v) is 4.69. The van der Waals surface area contributed by atoms with Gasteiger partial charge in [-0.05, 0) is 15.9 Å². The zero-order valence-electron chi connectivity index (χ0n) is 6.61. The molecular weight excluding hydrogens is 273 g/mol. The topological polar surface area (TPSA) is 67.5 Å². The van der Waals surface area contributed by atoms with Crippen LogP contribution in [0.3, 0.4) is 0 Å². The van der Waals surface area contributed by atoms with Crippen LogP contribution in [0.1, 0.15) is 10.6 Å². The number of fused-ring (bicyclic) bond motifs is 1. The highest BCUT2D eigenvalue weighted by Crippen LogP contribution is 2.19. The van der Waals surface area contributed by atoms with Crippen LogP contribution in [-0.2, 0) is 0 Å². The highest BCUT2D eigenvalue weighted by atomic mass is 79.9. The molecule has 7 heteroatoms. The molecule has 0 aliphatic carbocycles. The van der Waals surface area contributed by atoms with Crippen molar-refractivity contribution in [1.29, 1.82) is 0 Å². The highest BCUT2D eigenvalue weighted by Gasteiger charge is 2.15. The van der Waals surface area contributed by atoms with E-state index in [0.717, 1.165) is 0 Å². The molecule has 0 aliphatic heterocycles. The van der Waals surface area contributed by atoms with Gasteiger partial charge in [0.25, 0.3) is 0 Å². The van der Waals surface area contributed by atoms with Crippen LogP contribution < -0.4 is 0 Å². The molecule has 2 aromatic heterocycles. The van der Waals surface area contributed by atoms with E-state index in [2.05, 4.69) is 25.9 Å². The number of halogens is 2. The monoisotopic (exact) mass is 275 g/mol. The van der Waals surface area contributed by atoms with Gasteiger partial charge in [0.05, 0.1) is 11.7 Å². The van der Waals surface area contributed by atoms with Crippen molar-refractivity contribution in [2.24, 2.45) is 0 Å². The van der Waals surface area contributed by atoms with Crippen molar-refractivity contribution in [3.05, 3.63) is 28.0 Å². The average molecular weight is 276 g/mol. The third-order valence-corrected chi connectivity index (χ3v) is 2.42. The molecule has 14 heavy (non-hydrogen) atoms. The number of aromatic carboxylic acids is 1. The molecule has 0 aromatic carbocycles. The van der Waals surface area contributed by atoms with Crippen LogP contribution in [0.15, 0.2) is 17.0 Å². The van der Waals surface area contributed by atoms with Gasteiger partial charge in [-0.25, -0.2) is 14.8 Å². The van der Waals surface area contributed by atoms with Crippen molar-refractivity contribution in [2.45, 2.75) is 0 Å². The molecule has 0 unspecified atom stereocenters.